The number of nitrogens with one attached hydrogen (secondary N) is 1. The molecule has 1 amide bonds. The molecule has 100 valence electrons. The molecule has 0 fully saturated rings. The van der Waals surface area contributed by atoms with Gasteiger partial charge in [0.25, 0.3) is 5.91 Å². The highest BCUT2D eigenvalue weighted by Gasteiger charge is 2.18. The van der Waals surface area contributed by atoms with Gasteiger partial charge in [-0.2, -0.15) is 0 Å². The fraction of sp³-hybridized carbons (Fsp3) is 0.538. The van der Waals surface area contributed by atoms with Crippen molar-refractivity contribution in [3.05, 3.63) is 23.5 Å². The van der Waals surface area contributed by atoms with Gasteiger partial charge in [0.05, 0.1) is 17.9 Å². The Bertz CT molecular complexity index is 401. The molecule has 0 aromatic carbocycles. The number of aromatic nitrogens is 1. The van der Waals surface area contributed by atoms with Crippen LogP contribution in [0.2, 0.25) is 0 Å². The summed E-state index contributed by atoms with van der Waals surface area (Å²) in [6.45, 7) is 4.84. The number of aryl methyl sites for hydroxylation is 1. The highest BCUT2D eigenvalue weighted by Crippen LogP contribution is 2.17. The third kappa shape index (κ3) is 3.43. The molecule has 1 aromatic heterocycles. The molecule has 0 atom stereocenters. The van der Waals surface area contributed by atoms with Crippen LogP contribution in [0.25, 0.3) is 0 Å². The number of hydrogen-bond acceptors (Lipinski definition) is 4. The van der Waals surface area contributed by atoms with Crippen molar-refractivity contribution in [2.45, 2.75) is 20.3 Å². The van der Waals surface area contributed by atoms with Crippen molar-refractivity contribution >= 4 is 11.6 Å². The Balaban J connectivity index is 3.00. The molecule has 0 aliphatic heterocycles. The van der Waals surface area contributed by atoms with Crippen molar-refractivity contribution < 1.29 is 9.90 Å². The molecule has 18 heavy (non-hydrogen) atoms. The number of carbonyl (C=O) groups excluding carboxylic acids is 1. The summed E-state index contributed by atoms with van der Waals surface area (Å²) in [7, 11) is 1.78. The van der Waals surface area contributed by atoms with Gasteiger partial charge in [0.1, 0.15) is 0 Å². The van der Waals surface area contributed by atoms with Crippen LogP contribution in [0.5, 0.6) is 0 Å². The summed E-state index contributed by atoms with van der Waals surface area (Å²) in [6, 6.07) is 1.84. The molecule has 0 aliphatic rings. The summed E-state index contributed by atoms with van der Waals surface area (Å²) in [5, 5.41) is 12.0. The van der Waals surface area contributed by atoms with Gasteiger partial charge in [0.15, 0.2) is 0 Å². The number of anilines is 1. The lowest BCUT2D eigenvalue weighted by atomic mass is 10.1. The van der Waals surface area contributed by atoms with Crippen LogP contribution >= 0.6 is 0 Å². The van der Waals surface area contributed by atoms with Crippen molar-refractivity contribution in [2.24, 2.45) is 0 Å². The molecule has 1 heterocycles. The van der Waals surface area contributed by atoms with E-state index in [0.717, 1.165) is 17.8 Å². The molecule has 5 heteroatoms. The van der Waals surface area contributed by atoms with Crippen LogP contribution < -0.4 is 5.32 Å². The maximum atomic E-state index is 12.4. The van der Waals surface area contributed by atoms with Crippen molar-refractivity contribution in [1.82, 2.24) is 9.88 Å². The maximum absolute atomic E-state index is 12.4. The zero-order valence-corrected chi connectivity index (χ0v) is 11.2. The largest absolute Gasteiger partial charge is 0.395 e. The van der Waals surface area contributed by atoms with E-state index in [1.165, 1.54) is 0 Å². The van der Waals surface area contributed by atoms with Crippen LogP contribution in [0.1, 0.15) is 29.4 Å². The topological polar surface area (TPSA) is 65.5 Å². The van der Waals surface area contributed by atoms with Crippen LogP contribution in [-0.2, 0) is 0 Å². The molecule has 0 saturated heterocycles. The molecule has 0 aliphatic carbocycles. The normalized spacial score (nSPS) is 10.2. The highest BCUT2D eigenvalue weighted by atomic mass is 16.3. The van der Waals surface area contributed by atoms with Gasteiger partial charge in [-0.15, -0.1) is 0 Å². The summed E-state index contributed by atoms with van der Waals surface area (Å²) < 4.78 is 0. The fourth-order valence-electron chi connectivity index (χ4n) is 1.81. The highest BCUT2D eigenvalue weighted by molar-refractivity contribution is 5.99. The number of aliphatic hydroxyl groups excluding tert-OH is 1. The molecular formula is C13H21N3O2. The van der Waals surface area contributed by atoms with E-state index in [-0.39, 0.29) is 12.5 Å². The standard InChI is InChI=1S/C13H21N3O2/c1-4-5-16(6-7-17)13(18)11-9-15-10(2)8-12(11)14-3/h8-9,17H,4-7H2,1-3H3,(H,14,15). The van der Waals surface area contributed by atoms with E-state index in [1.54, 1.807) is 18.1 Å². The molecular weight excluding hydrogens is 230 g/mol. The predicted molar refractivity (Wildman–Crippen MR) is 71.8 cm³/mol. The summed E-state index contributed by atoms with van der Waals surface area (Å²) in [5.41, 5.74) is 2.18. The van der Waals surface area contributed by atoms with E-state index in [9.17, 15) is 4.79 Å². The number of carbonyl (C=O) groups is 1. The van der Waals surface area contributed by atoms with Crippen molar-refractivity contribution in [1.29, 1.82) is 0 Å². The molecule has 0 bridgehead atoms. The first-order valence-electron chi connectivity index (χ1n) is 6.18. The summed E-state index contributed by atoms with van der Waals surface area (Å²) >= 11 is 0. The Hall–Kier alpha value is -1.62. The van der Waals surface area contributed by atoms with Gasteiger partial charge in [-0.3, -0.25) is 9.78 Å². The van der Waals surface area contributed by atoms with Crippen molar-refractivity contribution in [3.63, 3.8) is 0 Å². The fourth-order valence-corrected chi connectivity index (χ4v) is 1.81. The summed E-state index contributed by atoms with van der Waals surface area (Å²) in [4.78, 5) is 18.2. The number of amides is 1. The average molecular weight is 251 g/mol. The second-order valence-corrected chi connectivity index (χ2v) is 4.14. The third-order valence-corrected chi connectivity index (χ3v) is 2.69. The van der Waals surface area contributed by atoms with E-state index >= 15 is 0 Å². The first kappa shape index (κ1) is 14.4. The number of pyridine rings is 1. The Morgan fingerprint density at radius 3 is 2.78 bits per heavy atom. The first-order valence-corrected chi connectivity index (χ1v) is 6.18. The second kappa shape index (κ2) is 6.96. The molecule has 1 aromatic rings. The third-order valence-electron chi connectivity index (χ3n) is 2.69. The van der Waals surface area contributed by atoms with Crippen LogP contribution in [0, 0.1) is 6.92 Å². The van der Waals surface area contributed by atoms with Gasteiger partial charge >= 0.3 is 0 Å². The van der Waals surface area contributed by atoms with E-state index < -0.39 is 0 Å². The zero-order chi connectivity index (χ0) is 13.5. The predicted octanol–water partition coefficient (Wildman–Crippen LogP) is 1.28. The quantitative estimate of drug-likeness (QED) is 0.799. The number of nitrogens with zero attached hydrogens (tertiary/aromatic N) is 2. The van der Waals surface area contributed by atoms with Crippen LogP contribution in [0.3, 0.4) is 0 Å². The maximum Gasteiger partial charge on any atom is 0.257 e. The van der Waals surface area contributed by atoms with Gasteiger partial charge in [-0.1, -0.05) is 6.92 Å². The van der Waals surface area contributed by atoms with Crippen LogP contribution in [0.4, 0.5) is 5.69 Å². The Morgan fingerprint density at radius 1 is 1.50 bits per heavy atom. The minimum absolute atomic E-state index is 0.0279. The summed E-state index contributed by atoms with van der Waals surface area (Å²) in [6.07, 6.45) is 2.45. The molecule has 1 rings (SSSR count). The molecule has 0 radical (unpaired) electrons. The Kier molecular flexibility index (Phi) is 5.58. The SMILES string of the molecule is CCCN(CCO)C(=O)c1cnc(C)cc1NC. The second-order valence-electron chi connectivity index (χ2n) is 4.14. The molecule has 0 unspecified atom stereocenters. The van der Waals surface area contributed by atoms with E-state index in [4.69, 9.17) is 5.11 Å². The average Bonchev–Trinajstić information content (AvgIpc) is 2.37. The first-order chi connectivity index (χ1) is 8.63. The van der Waals surface area contributed by atoms with Gasteiger partial charge in [-0.25, -0.2) is 0 Å². The Morgan fingerprint density at radius 2 is 2.22 bits per heavy atom. The lowest BCUT2D eigenvalue weighted by molar-refractivity contribution is 0.0722. The number of aliphatic hydroxyl groups is 1. The lowest BCUT2D eigenvalue weighted by Gasteiger charge is -2.22. The zero-order valence-electron chi connectivity index (χ0n) is 11.2. The lowest BCUT2D eigenvalue weighted by Crippen LogP contribution is -2.34. The minimum atomic E-state index is -0.0947. The molecule has 0 saturated carbocycles. The number of hydrogen-bond donors (Lipinski definition) is 2. The van der Waals surface area contributed by atoms with Crippen molar-refractivity contribution in [2.75, 3.05) is 32.1 Å². The minimum Gasteiger partial charge on any atom is -0.395 e. The molecule has 2 N–H and O–H groups in total. The molecule has 0 spiro atoms. The number of rotatable bonds is 6. The molecule has 5 nitrogen and oxygen atoms in total. The van der Waals surface area contributed by atoms with E-state index in [2.05, 4.69) is 10.3 Å². The smallest absolute Gasteiger partial charge is 0.257 e. The van der Waals surface area contributed by atoms with Crippen LogP contribution in [-0.4, -0.2) is 47.6 Å². The van der Waals surface area contributed by atoms with Crippen molar-refractivity contribution in [3.8, 4) is 0 Å². The van der Waals surface area contributed by atoms with Crippen LogP contribution in [0.15, 0.2) is 12.3 Å². The van der Waals surface area contributed by atoms with E-state index in [1.807, 2.05) is 19.9 Å². The van der Waals surface area contributed by atoms with Gasteiger partial charge in [0, 0.05) is 32.0 Å². The van der Waals surface area contributed by atoms with Gasteiger partial charge in [0.2, 0.25) is 0 Å². The Labute approximate surface area is 108 Å². The van der Waals surface area contributed by atoms with Gasteiger partial charge in [-0.05, 0) is 19.4 Å². The summed E-state index contributed by atoms with van der Waals surface area (Å²) in [5.74, 6) is -0.0947. The monoisotopic (exact) mass is 251 g/mol. The van der Waals surface area contributed by atoms with Gasteiger partial charge < -0.3 is 15.3 Å². The van der Waals surface area contributed by atoms with E-state index in [0.29, 0.717) is 18.7 Å².